The minimum atomic E-state index is 1.07. The Morgan fingerprint density at radius 1 is 0.632 bits per heavy atom. The van der Waals surface area contributed by atoms with Crippen molar-refractivity contribution in [3.63, 3.8) is 0 Å². The summed E-state index contributed by atoms with van der Waals surface area (Å²) in [5.74, 6) is 0. The average molecular weight is 270 g/mol. The lowest BCUT2D eigenvalue weighted by Crippen LogP contribution is -1.78. The number of hydrogen-bond acceptors (Lipinski definition) is 1. The molecule has 0 saturated carbocycles. The zero-order valence-corrected chi connectivity index (χ0v) is 13.0. The maximum atomic E-state index is 4.62. The number of hydrogen-bond donors (Lipinski definition) is 1. The average Bonchev–Trinajstić information content (AvgIpc) is 2.52. The Hall–Kier alpha value is -1.47. The van der Waals surface area contributed by atoms with E-state index in [9.17, 15) is 0 Å². The maximum absolute atomic E-state index is 4.62. The summed E-state index contributed by atoms with van der Waals surface area (Å²) in [6.07, 6.45) is 0. The molecule has 0 nitrogen and oxygen atoms in total. The third-order valence-corrected chi connectivity index (χ3v) is 3.22. The van der Waals surface area contributed by atoms with Crippen LogP contribution in [0.15, 0.2) is 59.5 Å². The van der Waals surface area contributed by atoms with Crippen molar-refractivity contribution in [3.8, 4) is 0 Å². The normalized spacial score (nSPS) is 9.32. The second kappa shape index (κ2) is 7.85. The molecule has 0 saturated heterocycles. The highest BCUT2D eigenvalue weighted by Crippen LogP contribution is 2.30. The van der Waals surface area contributed by atoms with E-state index in [1.165, 1.54) is 21.5 Å². The van der Waals surface area contributed by atoms with Crippen LogP contribution in [0.2, 0.25) is 0 Å². The van der Waals surface area contributed by atoms with Crippen molar-refractivity contribution in [2.75, 3.05) is 0 Å². The molecule has 0 heterocycles. The maximum Gasteiger partial charge on any atom is 0.0197 e. The van der Waals surface area contributed by atoms with Gasteiger partial charge in [0, 0.05) is 4.90 Å². The topological polar surface area (TPSA) is 0 Å². The smallest absolute Gasteiger partial charge is 0.0197 e. The molecule has 0 fully saturated rings. The van der Waals surface area contributed by atoms with E-state index in [4.69, 9.17) is 0 Å². The molecule has 3 aromatic rings. The van der Waals surface area contributed by atoms with Crippen molar-refractivity contribution in [1.82, 2.24) is 0 Å². The molecule has 0 aliphatic heterocycles. The second-order valence-electron chi connectivity index (χ2n) is 3.67. The molecule has 100 valence electrons. The number of thiol groups is 1. The third kappa shape index (κ3) is 3.30. The summed E-state index contributed by atoms with van der Waals surface area (Å²) in [6, 6.07) is 18.9. The van der Waals surface area contributed by atoms with Crippen LogP contribution in [-0.2, 0) is 0 Å². The molecule has 3 aromatic carbocycles. The fourth-order valence-corrected chi connectivity index (χ4v) is 2.40. The van der Waals surface area contributed by atoms with Crippen LogP contribution in [0.25, 0.3) is 21.5 Å². The molecule has 0 atom stereocenters. The molecule has 0 amide bonds. The first kappa shape index (κ1) is 15.6. The first-order chi connectivity index (χ1) is 9.36. The SMILES string of the molecule is CC.CC.Sc1c2ccccc2cc2ccccc12. The summed E-state index contributed by atoms with van der Waals surface area (Å²) in [7, 11) is 0. The summed E-state index contributed by atoms with van der Waals surface area (Å²) < 4.78 is 0. The van der Waals surface area contributed by atoms with Crippen molar-refractivity contribution >= 4 is 34.2 Å². The fraction of sp³-hybridized carbons (Fsp3) is 0.222. The van der Waals surface area contributed by atoms with Crippen molar-refractivity contribution in [2.45, 2.75) is 32.6 Å². The zero-order valence-electron chi connectivity index (χ0n) is 12.1. The van der Waals surface area contributed by atoms with Crippen molar-refractivity contribution in [3.05, 3.63) is 54.6 Å². The van der Waals surface area contributed by atoms with E-state index in [1.807, 2.05) is 27.7 Å². The highest BCUT2D eigenvalue weighted by atomic mass is 32.1. The quantitative estimate of drug-likeness (QED) is 0.358. The Balaban J connectivity index is 0.000000415. The van der Waals surface area contributed by atoms with Gasteiger partial charge in [0.25, 0.3) is 0 Å². The summed E-state index contributed by atoms with van der Waals surface area (Å²) in [5, 5.41) is 4.95. The predicted octanol–water partition coefficient (Wildman–Crippen LogP) is 6.33. The van der Waals surface area contributed by atoms with Gasteiger partial charge in [-0.2, -0.15) is 0 Å². The number of rotatable bonds is 0. The minimum absolute atomic E-state index is 1.07. The lowest BCUT2D eigenvalue weighted by atomic mass is 10.0. The van der Waals surface area contributed by atoms with E-state index >= 15 is 0 Å². The van der Waals surface area contributed by atoms with Crippen molar-refractivity contribution in [2.24, 2.45) is 0 Å². The Kier molecular flexibility index (Phi) is 6.44. The van der Waals surface area contributed by atoms with Gasteiger partial charge in [-0.3, -0.25) is 0 Å². The molecular formula is C18H22S. The van der Waals surface area contributed by atoms with Gasteiger partial charge in [0.1, 0.15) is 0 Å². The minimum Gasteiger partial charge on any atom is -0.142 e. The van der Waals surface area contributed by atoms with Crippen molar-refractivity contribution in [1.29, 1.82) is 0 Å². The molecular weight excluding hydrogens is 248 g/mol. The van der Waals surface area contributed by atoms with Crippen LogP contribution in [0, 0.1) is 0 Å². The van der Waals surface area contributed by atoms with Crippen molar-refractivity contribution < 1.29 is 0 Å². The number of fused-ring (bicyclic) bond motifs is 2. The van der Waals surface area contributed by atoms with Crippen LogP contribution in [0.1, 0.15) is 27.7 Å². The highest BCUT2D eigenvalue weighted by Gasteiger charge is 2.02. The van der Waals surface area contributed by atoms with Gasteiger partial charge in [-0.25, -0.2) is 0 Å². The lowest BCUT2D eigenvalue weighted by Gasteiger charge is -2.06. The molecule has 0 N–H and O–H groups in total. The molecule has 0 bridgehead atoms. The van der Waals surface area contributed by atoms with Crippen LogP contribution < -0.4 is 0 Å². The molecule has 0 aliphatic carbocycles. The largest absolute Gasteiger partial charge is 0.142 e. The van der Waals surface area contributed by atoms with Crippen LogP contribution in [0.5, 0.6) is 0 Å². The highest BCUT2D eigenvalue weighted by molar-refractivity contribution is 7.80. The van der Waals surface area contributed by atoms with Crippen LogP contribution in [0.3, 0.4) is 0 Å². The first-order valence-corrected chi connectivity index (χ1v) is 7.40. The zero-order chi connectivity index (χ0) is 14.3. The van der Waals surface area contributed by atoms with E-state index in [0.29, 0.717) is 0 Å². The van der Waals surface area contributed by atoms with E-state index in [1.54, 1.807) is 0 Å². The Morgan fingerprint density at radius 2 is 1.00 bits per heavy atom. The second-order valence-corrected chi connectivity index (χ2v) is 4.11. The monoisotopic (exact) mass is 270 g/mol. The van der Waals surface area contributed by atoms with Crippen LogP contribution >= 0.6 is 12.6 Å². The van der Waals surface area contributed by atoms with Gasteiger partial charge in [-0.05, 0) is 27.6 Å². The van der Waals surface area contributed by atoms with Gasteiger partial charge in [-0.15, -0.1) is 12.6 Å². The van der Waals surface area contributed by atoms with Gasteiger partial charge in [0.05, 0.1) is 0 Å². The van der Waals surface area contributed by atoms with Gasteiger partial charge in [-0.1, -0.05) is 76.2 Å². The van der Waals surface area contributed by atoms with Crippen LogP contribution in [-0.4, -0.2) is 0 Å². The number of benzene rings is 3. The van der Waals surface area contributed by atoms with Gasteiger partial charge >= 0.3 is 0 Å². The summed E-state index contributed by atoms with van der Waals surface area (Å²) in [4.78, 5) is 1.07. The third-order valence-electron chi connectivity index (χ3n) is 2.74. The van der Waals surface area contributed by atoms with Gasteiger partial charge < -0.3 is 0 Å². The molecule has 0 aliphatic rings. The Labute approximate surface area is 121 Å². The molecule has 0 spiro atoms. The van der Waals surface area contributed by atoms with E-state index in [0.717, 1.165) is 4.90 Å². The van der Waals surface area contributed by atoms with E-state index in [2.05, 4.69) is 67.2 Å². The molecule has 0 radical (unpaired) electrons. The standard InChI is InChI=1S/C14H10S.2C2H6/c15-14-12-7-3-1-5-10(12)9-11-6-2-4-8-13(11)14;2*1-2/h1-9,15H;2*1-2H3. The molecule has 19 heavy (non-hydrogen) atoms. The molecule has 3 rings (SSSR count). The first-order valence-electron chi connectivity index (χ1n) is 6.96. The molecule has 1 heteroatoms. The van der Waals surface area contributed by atoms with Gasteiger partial charge in [0.15, 0.2) is 0 Å². The Bertz CT molecular complexity index is 587. The summed E-state index contributed by atoms with van der Waals surface area (Å²) >= 11 is 4.62. The van der Waals surface area contributed by atoms with Gasteiger partial charge in [0.2, 0.25) is 0 Å². The Morgan fingerprint density at radius 3 is 1.42 bits per heavy atom. The van der Waals surface area contributed by atoms with E-state index < -0.39 is 0 Å². The predicted molar refractivity (Wildman–Crippen MR) is 91.4 cm³/mol. The molecule has 0 unspecified atom stereocenters. The fourth-order valence-electron chi connectivity index (χ4n) is 1.99. The van der Waals surface area contributed by atoms with E-state index in [-0.39, 0.29) is 0 Å². The lowest BCUT2D eigenvalue weighted by molar-refractivity contribution is 1.50. The van der Waals surface area contributed by atoms with Crippen LogP contribution in [0.4, 0.5) is 0 Å². The summed E-state index contributed by atoms with van der Waals surface area (Å²) in [6.45, 7) is 8.00. The molecule has 0 aromatic heterocycles. The summed E-state index contributed by atoms with van der Waals surface area (Å²) in [5.41, 5.74) is 0.